The molecule has 0 aliphatic carbocycles. The quantitative estimate of drug-likeness (QED) is 0.521. The maximum Gasteiger partial charge on any atom is 0.159 e. The van der Waals surface area contributed by atoms with E-state index in [2.05, 4.69) is 16.9 Å². The van der Waals surface area contributed by atoms with Gasteiger partial charge in [-0.15, -0.1) is 0 Å². The van der Waals surface area contributed by atoms with Gasteiger partial charge in [-0.1, -0.05) is 18.3 Å². The third-order valence-electron chi connectivity index (χ3n) is 3.24. The summed E-state index contributed by atoms with van der Waals surface area (Å²) in [5.41, 5.74) is 0.0944. The van der Waals surface area contributed by atoms with Crippen molar-refractivity contribution < 1.29 is 20.1 Å². The fourth-order valence-electron chi connectivity index (χ4n) is 2.16. The van der Waals surface area contributed by atoms with E-state index >= 15 is 0 Å². The first-order valence-corrected chi connectivity index (χ1v) is 7.17. The first-order chi connectivity index (χ1) is 8.95. The van der Waals surface area contributed by atoms with E-state index in [0.29, 0.717) is 10.7 Å². The van der Waals surface area contributed by atoms with Crippen LogP contribution in [0.4, 0.5) is 0 Å². The van der Waals surface area contributed by atoms with E-state index < -0.39 is 35.9 Å². The van der Waals surface area contributed by atoms with Gasteiger partial charge >= 0.3 is 0 Å². The molecule has 2 heterocycles. The Morgan fingerprint density at radius 2 is 2.21 bits per heavy atom. The van der Waals surface area contributed by atoms with Crippen LogP contribution in [0, 0.1) is 0 Å². The maximum atomic E-state index is 10.1. The number of aliphatic hydroxyl groups is 3. The number of thioether (sulfide) groups is 1. The van der Waals surface area contributed by atoms with Crippen LogP contribution in [0.5, 0.6) is 0 Å². The molecular weight excluding hydrogens is 268 g/mol. The fourth-order valence-corrected chi connectivity index (χ4v) is 3.34. The number of hydrogen-bond donors (Lipinski definition) is 4. The molecule has 0 amide bonds. The van der Waals surface area contributed by atoms with Crippen molar-refractivity contribution in [3.8, 4) is 0 Å². The summed E-state index contributed by atoms with van der Waals surface area (Å²) in [6.07, 6.45) is -4.12. The van der Waals surface area contributed by atoms with Crippen LogP contribution in [-0.4, -0.2) is 62.9 Å². The summed E-state index contributed by atoms with van der Waals surface area (Å²) in [5, 5.41) is 33.9. The predicted molar refractivity (Wildman–Crippen MR) is 74.0 cm³/mol. The normalized spacial score (nSPS) is 39.4. The predicted octanol–water partition coefficient (Wildman–Crippen LogP) is -0.549. The van der Waals surface area contributed by atoms with E-state index in [1.807, 2.05) is 6.92 Å². The standard InChI is InChI=1S/C12H20N2O4S/c1-4-13-12-14-6-8(16)9(17)10(7(15)5(2)3)18-11(6)19-12/h6-11,15-17H,2,4H2,1,3H3,(H,13,14)/t6-,7-,8-,9+,10-,11-/m1/s1. The minimum absolute atomic E-state index is 0.397. The average molecular weight is 288 g/mol. The maximum absolute atomic E-state index is 10.1. The van der Waals surface area contributed by atoms with Gasteiger partial charge in [-0.05, 0) is 19.4 Å². The smallest absolute Gasteiger partial charge is 0.159 e. The zero-order valence-electron chi connectivity index (χ0n) is 11.0. The molecule has 19 heavy (non-hydrogen) atoms. The number of aliphatic hydroxyl groups excluding tert-OH is 3. The first-order valence-electron chi connectivity index (χ1n) is 6.29. The van der Waals surface area contributed by atoms with Gasteiger partial charge in [0.2, 0.25) is 0 Å². The second-order valence-electron chi connectivity index (χ2n) is 4.81. The van der Waals surface area contributed by atoms with Gasteiger partial charge < -0.3 is 25.4 Å². The Labute approximate surface area is 116 Å². The van der Waals surface area contributed by atoms with Crippen molar-refractivity contribution >= 4 is 16.9 Å². The lowest BCUT2D eigenvalue weighted by atomic mass is 9.92. The van der Waals surface area contributed by atoms with Crippen LogP contribution in [0.3, 0.4) is 0 Å². The van der Waals surface area contributed by atoms with Crippen LogP contribution in [0.25, 0.3) is 0 Å². The number of rotatable bonds is 3. The van der Waals surface area contributed by atoms with Gasteiger partial charge in [-0.25, -0.2) is 0 Å². The van der Waals surface area contributed by atoms with Crippen molar-refractivity contribution in [3.63, 3.8) is 0 Å². The van der Waals surface area contributed by atoms with Crippen LogP contribution in [0.1, 0.15) is 13.8 Å². The Morgan fingerprint density at radius 3 is 2.79 bits per heavy atom. The molecule has 0 aromatic carbocycles. The summed E-state index contributed by atoms with van der Waals surface area (Å²) in [5.74, 6) is 0. The van der Waals surface area contributed by atoms with Crippen LogP contribution >= 0.6 is 11.8 Å². The molecule has 2 aliphatic rings. The van der Waals surface area contributed by atoms with Crippen molar-refractivity contribution in [2.24, 2.45) is 4.99 Å². The van der Waals surface area contributed by atoms with Crippen LogP contribution < -0.4 is 5.32 Å². The Kier molecular flexibility index (Phi) is 4.52. The van der Waals surface area contributed by atoms with Crippen LogP contribution in [0.2, 0.25) is 0 Å². The van der Waals surface area contributed by atoms with Crippen LogP contribution in [0.15, 0.2) is 17.1 Å². The molecule has 108 valence electrons. The summed E-state index contributed by atoms with van der Waals surface area (Å²) in [6, 6.07) is -0.511. The SMILES string of the molecule is C=C(C)[C@@H](O)[C@H]1O[C@@H]2SC(NCC)=N[C@@H]2[C@@H](O)[C@@H]1O. The molecule has 7 heteroatoms. The average Bonchev–Trinajstić information content (AvgIpc) is 2.76. The second kappa shape index (κ2) is 5.80. The molecule has 1 saturated heterocycles. The zero-order valence-corrected chi connectivity index (χ0v) is 11.8. The molecule has 0 saturated carbocycles. The molecule has 0 unspecified atom stereocenters. The largest absolute Gasteiger partial charge is 0.388 e. The van der Waals surface area contributed by atoms with E-state index in [-0.39, 0.29) is 0 Å². The molecule has 0 aromatic rings. The molecule has 1 fully saturated rings. The summed E-state index contributed by atoms with van der Waals surface area (Å²) >= 11 is 1.36. The Hall–Kier alpha value is -0.600. The number of fused-ring (bicyclic) bond motifs is 1. The van der Waals surface area contributed by atoms with E-state index in [1.165, 1.54) is 11.8 Å². The lowest BCUT2D eigenvalue weighted by Gasteiger charge is -2.40. The topological polar surface area (TPSA) is 94.3 Å². The molecule has 0 radical (unpaired) electrons. The number of aliphatic imine (C=N–C) groups is 1. The number of ether oxygens (including phenoxy) is 1. The molecule has 4 N–H and O–H groups in total. The van der Waals surface area contributed by atoms with Gasteiger partial charge in [0.15, 0.2) is 5.17 Å². The number of nitrogens with one attached hydrogen (secondary N) is 1. The lowest BCUT2D eigenvalue weighted by Crippen LogP contribution is -2.58. The van der Waals surface area contributed by atoms with Crippen molar-refractivity contribution in [2.45, 2.75) is 49.7 Å². The summed E-state index contributed by atoms with van der Waals surface area (Å²) in [7, 11) is 0. The second-order valence-corrected chi connectivity index (χ2v) is 5.90. The molecule has 0 aromatic heterocycles. The minimum Gasteiger partial charge on any atom is -0.388 e. The Balaban J connectivity index is 2.12. The third-order valence-corrected chi connectivity index (χ3v) is 4.34. The molecule has 2 rings (SSSR count). The van der Waals surface area contributed by atoms with Gasteiger partial charge in [0.25, 0.3) is 0 Å². The van der Waals surface area contributed by atoms with Gasteiger partial charge in [0, 0.05) is 6.54 Å². The molecular formula is C12H20N2O4S. The lowest BCUT2D eigenvalue weighted by molar-refractivity contribution is -0.178. The highest BCUT2D eigenvalue weighted by molar-refractivity contribution is 8.14. The summed E-state index contributed by atoms with van der Waals surface area (Å²) in [6.45, 7) is 7.98. The first kappa shape index (κ1) is 14.8. The molecule has 0 spiro atoms. The summed E-state index contributed by atoms with van der Waals surface area (Å²) in [4.78, 5) is 4.30. The molecule has 6 nitrogen and oxygen atoms in total. The zero-order chi connectivity index (χ0) is 14.2. The van der Waals surface area contributed by atoms with Crippen molar-refractivity contribution in [1.82, 2.24) is 5.32 Å². The van der Waals surface area contributed by atoms with Gasteiger partial charge in [0.1, 0.15) is 35.9 Å². The van der Waals surface area contributed by atoms with Crippen molar-refractivity contribution in [1.29, 1.82) is 0 Å². The Morgan fingerprint density at radius 1 is 1.53 bits per heavy atom. The highest BCUT2D eigenvalue weighted by atomic mass is 32.2. The van der Waals surface area contributed by atoms with Crippen LogP contribution in [-0.2, 0) is 4.74 Å². The minimum atomic E-state index is -1.18. The Bertz CT molecular complexity index is 390. The number of hydrogen-bond acceptors (Lipinski definition) is 7. The van der Waals surface area contributed by atoms with E-state index in [9.17, 15) is 15.3 Å². The van der Waals surface area contributed by atoms with Gasteiger partial charge in [-0.3, -0.25) is 4.99 Å². The van der Waals surface area contributed by atoms with Crippen molar-refractivity contribution in [2.75, 3.05) is 6.54 Å². The highest BCUT2D eigenvalue weighted by Crippen LogP contribution is 2.37. The van der Waals surface area contributed by atoms with Gasteiger partial charge in [-0.2, -0.15) is 0 Å². The molecule has 0 bridgehead atoms. The van der Waals surface area contributed by atoms with E-state index in [1.54, 1.807) is 6.92 Å². The molecule has 6 atom stereocenters. The summed E-state index contributed by atoms with van der Waals surface area (Å²) < 4.78 is 5.68. The number of amidine groups is 1. The fraction of sp³-hybridized carbons (Fsp3) is 0.750. The van der Waals surface area contributed by atoms with Crippen molar-refractivity contribution in [3.05, 3.63) is 12.2 Å². The van der Waals surface area contributed by atoms with E-state index in [0.717, 1.165) is 6.54 Å². The third kappa shape index (κ3) is 2.80. The van der Waals surface area contributed by atoms with Gasteiger partial charge in [0.05, 0.1) is 0 Å². The number of nitrogens with zero attached hydrogens (tertiary/aromatic N) is 1. The molecule has 2 aliphatic heterocycles. The monoisotopic (exact) mass is 288 g/mol. The highest BCUT2D eigenvalue weighted by Gasteiger charge is 2.50. The van der Waals surface area contributed by atoms with E-state index in [4.69, 9.17) is 4.74 Å².